The van der Waals surface area contributed by atoms with E-state index in [2.05, 4.69) is 9.88 Å². The van der Waals surface area contributed by atoms with Gasteiger partial charge in [0.2, 0.25) is 0 Å². The molecule has 0 radical (unpaired) electrons. The highest BCUT2D eigenvalue weighted by Crippen LogP contribution is 2.20. The lowest BCUT2D eigenvalue weighted by atomic mass is 10.1. The van der Waals surface area contributed by atoms with Gasteiger partial charge in [0.05, 0.1) is 5.69 Å². The minimum absolute atomic E-state index is 0.145. The van der Waals surface area contributed by atoms with Crippen LogP contribution in [0.3, 0.4) is 0 Å². The second kappa shape index (κ2) is 6.39. The molecule has 1 rings (SSSR count). The van der Waals surface area contributed by atoms with E-state index < -0.39 is 10.2 Å². The molecule has 4 N–H and O–H groups in total. The monoisotopic (exact) mass is 286 g/mol. The summed E-state index contributed by atoms with van der Waals surface area (Å²) in [6.07, 6.45) is 0.689. The van der Waals surface area contributed by atoms with Gasteiger partial charge >= 0.3 is 10.2 Å². The molecule has 0 atom stereocenters. The van der Waals surface area contributed by atoms with Crippen molar-refractivity contribution >= 4 is 21.7 Å². The number of para-hydroxylation sites is 1. The largest absolute Gasteiger partial charge is 0.409 e. The molecule has 1 aromatic carbocycles. The van der Waals surface area contributed by atoms with E-state index in [1.165, 1.54) is 7.05 Å². The number of nitrogens with one attached hydrogen (secondary N) is 1. The Bertz CT molecular complexity index is 557. The second-order valence-electron chi connectivity index (χ2n) is 3.87. The van der Waals surface area contributed by atoms with Crippen molar-refractivity contribution < 1.29 is 13.6 Å². The maximum Gasteiger partial charge on any atom is 0.301 e. The van der Waals surface area contributed by atoms with Gasteiger partial charge in [0, 0.05) is 19.2 Å². The Morgan fingerprint density at radius 3 is 2.68 bits per heavy atom. The number of benzene rings is 1. The van der Waals surface area contributed by atoms with E-state index in [-0.39, 0.29) is 5.84 Å². The van der Waals surface area contributed by atoms with Crippen LogP contribution in [0.1, 0.15) is 18.9 Å². The second-order valence-corrected chi connectivity index (χ2v) is 5.66. The predicted molar refractivity (Wildman–Crippen MR) is 74.6 cm³/mol. The van der Waals surface area contributed by atoms with Crippen molar-refractivity contribution in [1.82, 2.24) is 4.72 Å². The van der Waals surface area contributed by atoms with Gasteiger partial charge in [0.1, 0.15) is 0 Å². The van der Waals surface area contributed by atoms with Crippen LogP contribution in [0.4, 0.5) is 5.69 Å². The van der Waals surface area contributed by atoms with Gasteiger partial charge in [-0.25, -0.2) is 0 Å². The first-order valence-electron chi connectivity index (χ1n) is 5.74. The topological polar surface area (TPSA) is 108 Å². The van der Waals surface area contributed by atoms with E-state index in [9.17, 15) is 8.42 Å². The van der Waals surface area contributed by atoms with Crippen LogP contribution in [-0.4, -0.2) is 33.1 Å². The fourth-order valence-electron chi connectivity index (χ4n) is 1.48. The fraction of sp³-hybridized carbons (Fsp3) is 0.364. The van der Waals surface area contributed by atoms with Crippen molar-refractivity contribution in [2.45, 2.75) is 13.3 Å². The Hall–Kier alpha value is -1.80. The molecule has 0 aliphatic carbocycles. The molecular formula is C11H18N4O3S. The zero-order valence-electron chi connectivity index (χ0n) is 10.9. The first-order chi connectivity index (χ1) is 8.94. The number of nitrogens with zero attached hydrogens (tertiary/aromatic N) is 2. The van der Waals surface area contributed by atoms with E-state index in [0.29, 0.717) is 24.2 Å². The molecule has 0 heterocycles. The van der Waals surface area contributed by atoms with Crippen LogP contribution >= 0.6 is 0 Å². The summed E-state index contributed by atoms with van der Waals surface area (Å²) in [7, 11) is -2.24. The smallest absolute Gasteiger partial charge is 0.301 e. The van der Waals surface area contributed by atoms with Crippen molar-refractivity contribution in [1.29, 1.82) is 0 Å². The van der Waals surface area contributed by atoms with Gasteiger partial charge in [0.15, 0.2) is 5.84 Å². The third kappa shape index (κ3) is 3.58. The Balaban J connectivity index is 3.16. The summed E-state index contributed by atoms with van der Waals surface area (Å²) in [5.74, 6) is -0.145. The zero-order valence-corrected chi connectivity index (χ0v) is 11.7. The van der Waals surface area contributed by atoms with Gasteiger partial charge in [-0.2, -0.15) is 13.1 Å². The number of rotatable bonds is 6. The first-order valence-corrected chi connectivity index (χ1v) is 7.18. The van der Waals surface area contributed by atoms with E-state index in [4.69, 9.17) is 10.9 Å². The van der Waals surface area contributed by atoms with E-state index in [1.807, 2.05) is 6.92 Å². The molecular weight excluding hydrogens is 268 g/mol. The van der Waals surface area contributed by atoms with Crippen molar-refractivity contribution in [3.05, 3.63) is 29.8 Å². The summed E-state index contributed by atoms with van der Waals surface area (Å²) in [6.45, 7) is 2.21. The highest BCUT2D eigenvalue weighted by molar-refractivity contribution is 7.90. The number of anilines is 1. The predicted octanol–water partition coefficient (Wildman–Crippen LogP) is 0.462. The van der Waals surface area contributed by atoms with Crippen molar-refractivity contribution in [2.75, 3.05) is 17.9 Å². The highest BCUT2D eigenvalue weighted by atomic mass is 32.2. The minimum atomic E-state index is -3.65. The molecule has 0 saturated carbocycles. The van der Waals surface area contributed by atoms with Crippen molar-refractivity contribution in [3.8, 4) is 0 Å². The lowest BCUT2D eigenvalue weighted by Crippen LogP contribution is -2.39. The zero-order chi connectivity index (χ0) is 14.5. The lowest BCUT2D eigenvalue weighted by molar-refractivity contribution is 0.318. The molecule has 0 aromatic heterocycles. The molecule has 1 aromatic rings. The molecule has 8 heteroatoms. The quantitative estimate of drug-likeness (QED) is 0.305. The van der Waals surface area contributed by atoms with Gasteiger partial charge in [-0.05, 0) is 18.6 Å². The van der Waals surface area contributed by atoms with E-state index >= 15 is 0 Å². The van der Waals surface area contributed by atoms with Crippen LogP contribution in [0, 0.1) is 0 Å². The van der Waals surface area contributed by atoms with Gasteiger partial charge in [-0.1, -0.05) is 24.2 Å². The number of amidine groups is 1. The molecule has 7 nitrogen and oxygen atoms in total. The average molecular weight is 286 g/mol. The third-order valence-electron chi connectivity index (χ3n) is 2.52. The third-order valence-corrected chi connectivity index (χ3v) is 4.01. The number of oxime groups is 1. The number of hydrogen-bond acceptors (Lipinski definition) is 4. The van der Waals surface area contributed by atoms with Crippen LogP contribution in [0.5, 0.6) is 0 Å². The highest BCUT2D eigenvalue weighted by Gasteiger charge is 2.20. The number of hydrogen-bond donors (Lipinski definition) is 3. The van der Waals surface area contributed by atoms with E-state index in [1.54, 1.807) is 24.3 Å². The summed E-state index contributed by atoms with van der Waals surface area (Å²) in [6, 6.07) is 6.51. The summed E-state index contributed by atoms with van der Waals surface area (Å²) < 4.78 is 27.6. The summed E-state index contributed by atoms with van der Waals surface area (Å²) in [5.41, 5.74) is 6.21. The van der Waals surface area contributed by atoms with E-state index in [0.717, 1.165) is 4.31 Å². The Labute approximate surface area is 112 Å². The van der Waals surface area contributed by atoms with Crippen LogP contribution in [0.2, 0.25) is 0 Å². The van der Waals surface area contributed by atoms with Crippen LogP contribution < -0.4 is 14.8 Å². The molecule has 0 amide bonds. The lowest BCUT2D eigenvalue weighted by Gasteiger charge is -2.22. The maximum atomic E-state index is 12.0. The summed E-state index contributed by atoms with van der Waals surface area (Å²) in [4.78, 5) is 0. The molecule has 19 heavy (non-hydrogen) atoms. The van der Waals surface area contributed by atoms with Crippen molar-refractivity contribution in [3.63, 3.8) is 0 Å². The minimum Gasteiger partial charge on any atom is -0.409 e. The molecule has 106 valence electrons. The summed E-state index contributed by atoms with van der Waals surface area (Å²) in [5, 5.41) is 11.6. The van der Waals surface area contributed by atoms with Crippen LogP contribution in [-0.2, 0) is 10.2 Å². The van der Waals surface area contributed by atoms with Gasteiger partial charge in [-0.3, -0.25) is 4.31 Å². The SMILES string of the molecule is CCCNS(=O)(=O)N(C)c1ccccc1/C(N)=N/O. The fourth-order valence-corrected chi connectivity index (χ4v) is 2.55. The molecule has 0 aliphatic heterocycles. The average Bonchev–Trinajstić information content (AvgIpc) is 2.43. The van der Waals surface area contributed by atoms with Crippen LogP contribution in [0.25, 0.3) is 0 Å². The van der Waals surface area contributed by atoms with Gasteiger partial charge in [-0.15, -0.1) is 0 Å². The standard InChI is InChI=1S/C11H18N4O3S/c1-3-8-13-19(17,18)15(2)10-7-5-4-6-9(10)11(12)14-16/h4-7,13,16H,3,8H2,1-2H3,(H2,12,14). The molecule has 0 fully saturated rings. The van der Waals surface area contributed by atoms with Gasteiger partial charge in [0.25, 0.3) is 0 Å². The number of nitrogens with two attached hydrogens (primary N) is 1. The molecule has 0 spiro atoms. The Kier molecular flexibility index (Phi) is 5.13. The van der Waals surface area contributed by atoms with Gasteiger partial charge < -0.3 is 10.9 Å². The maximum absolute atomic E-state index is 12.0. The summed E-state index contributed by atoms with van der Waals surface area (Å²) >= 11 is 0. The molecule has 0 aliphatic rings. The first kappa shape index (κ1) is 15.3. The Morgan fingerprint density at radius 1 is 1.47 bits per heavy atom. The molecule has 0 saturated heterocycles. The molecule has 0 unspecified atom stereocenters. The molecule has 0 bridgehead atoms. The Morgan fingerprint density at radius 2 is 2.11 bits per heavy atom. The van der Waals surface area contributed by atoms with Crippen molar-refractivity contribution in [2.24, 2.45) is 10.9 Å². The van der Waals surface area contributed by atoms with Crippen LogP contribution in [0.15, 0.2) is 29.4 Å². The normalized spacial score (nSPS) is 12.4.